The van der Waals surface area contributed by atoms with Gasteiger partial charge in [0.2, 0.25) is 0 Å². The molecule has 0 spiro atoms. The van der Waals surface area contributed by atoms with E-state index in [1.807, 2.05) is 11.4 Å². The lowest BCUT2D eigenvalue weighted by Crippen LogP contribution is -1.90. The minimum absolute atomic E-state index is 0.142. The zero-order valence-electron chi connectivity index (χ0n) is 9.98. The van der Waals surface area contributed by atoms with Gasteiger partial charge in [-0.2, -0.15) is 5.26 Å². The first kappa shape index (κ1) is 13.6. The summed E-state index contributed by atoms with van der Waals surface area (Å²) in [4.78, 5) is 0.753. The van der Waals surface area contributed by atoms with E-state index in [0.717, 1.165) is 4.88 Å². The monoisotopic (exact) mass is 293 g/mol. The molecular formula is C14H9ClFNOS. The van der Waals surface area contributed by atoms with Crippen LogP contribution in [0.4, 0.5) is 4.39 Å². The lowest BCUT2D eigenvalue weighted by atomic mass is 10.1. The first-order chi connectivity index (χ1) is 9.17. The van der Waals surface area contributed by atoms with E-state index in [0.29, 0.717) is 11.1 Å². The Balaban J connectivity index is 2.51. The van der Waals surface area contributed by atoms with Gasteiger partial charge in [0, 0.05) is 4.88 Å². The maximum atomic E-state index is 13.6. The van der Waals surface area contributed by atoms with E-state index in [1.54, 1.807) is 12.1 Å². The van der Waals surface area contributed by atoms with Gasteiger partial charge < -0.3 is 4.74 Å². The third-order valence-electron chi connectivity index (χ3n) is 2.50. The van der Waals surface area contributed by atoms with E-state index >= 15 is 0 Å². The number of halogens is 2. The van der Waals surface area contributed by atoms with Crippen molar-refractivity contribution in [1.29, 1.82) is 5.26 Å². The summed E-state index contributed by atoms with van der Waals surface area (Å²) >= 11 is 7.59. The molecule has 0 aliphatic heterocycles. The summed E-state index contributed by atoms with van der Waals surface area (Å²) in [6, 6.07) is 10.0. The van der Waals surface area contributed by atoms with Gasteiger partial charge in [0.15, 0.2) is 11.6 Å². The van der Waals surface area contributed by atoms with Crippen molar-refractivity contribution in [2.45, 2.75) is 0 Å². The van der Waals surface area contributed by atoms with E-state index in [-0.39, 0.29) is 10.8 Å². The predicted molar refractivity (Wildman–Crippen MR) is 75.6 cm³/mol. The van der Waals surface area contributed by atoms with Gasteiger partial charge in [0.25, 0.3) is 0 Å². The predicted octanol–water partition coefficient (Wildman–Crippen LogP) is 4.53. The van der Waals surface area contributed by atoms with Gasteiger partial charge in [0.05, 0.1) is 17.7 Å². The minimum Gasteiger partial charge on any atom is -0.494 e. The van der Waals surface area contributed by atoms with Crippen LogP contribution >= 0.6 is 22.9 Å². The Morgan fingerprint density at radius 2 is 2.21 bits per heavy atom. The van der Waals surface area contributed by atoms with Crippen molar-refractivity contribution >= 4 is 33.5 Å². The Morgan fingerprint density at radius 1 is 1.42 bits per heavy atom. The molecule has 0 N–H and O–H groups in total. The number of rotatable bonds is 3. The molecular weight excluding hydrogens is 285 g/mol. The van der Waals surface area contributed by atoms with Crippen LogP contribution in [0.1, 0.15) is 10.4 Å². The van der Waals surface area contributed by atoms with Crippen LogP contribution in [-0.4, -0.2) is 7.11 Å². The largest absolute Gasteiger partial charge is 0.494 e. The van der Waals surface area contributed by atoms with Gasteiger partial charge >= 0.3 is 0 Å². The summed E-state index contributed by atoms with van der Waals surface area (Å²) in [6.07, 6.45) is 0. The van der Waals surface area contributed by atoms with Crippen molar-refractivity contribution in [3.63, 3.8) is 0 Å². The molecule has 1 aromatic carbocycles. The molecule has 19 heavy (non-hydrogen) atoms. The molecule has 1 heterocycles. The van der Waals surface area contributed by atoms with Crippen molar-refractivity contribution < 1.29 is 9.13 Å². The molecule has 2 rings (SSSR count). The minimum atomic E-state index is -0.512. The second-order valence-electron chi connectivity index (χ2n) is 3.63. The Hall–Kier alpha value is -1.83. The zero-order valence-corrected chi connectivity index (χ0v) is 11.6. The number of hydrogen-bond acceptors (Lipinski definition) is 3. The normalized spacial score (nSPS) is 11.7. The summed E-state index contributed by atoms with van der Waals surface area (Å²) in [6.45, 7) is 0. The number of nitriles is 1. The maximum absolute atomic E-state index is 13.6. The van der Waals surface area contributed by atoms with Gasteiger partial charge in [-0.3, -0.25) is 0 Å². The van der Waals surface area contributed by atoms with E-state index in [1.165, 1.54) is 30.6 Å². The van der Waals surface area contributed by atoms with Crippen molar-refractivity contribution in [2.24, 2.45) is 0 Å². The van der Waals surface area contributed by atoms with Crippen LogP contribution in [-0.2, 0) is 0 Å². The molecule has 0 aliphatic carbocycles. The summed E-state index contributed by atoms with van der Waals surface area (Å²) in [7, 11) is 1.39. The van der Waals surface area contributed by atoms with E-state index in [2.05, 4.69) is 6.07 Å². The molecule has 5 heteroatoms. The number of nitrogens with zero attached hydrogens (tertiary/aromatic N) is 1. The SMILES string of the molecule is COc1ccc(/C(Cl)=C(/C#N)c2cccs2)cc1F. The second kappa shape index (κ2) is 5.87. The molecule has 0 aliphatic rings. The first-order valence-electron chi connectivity index (χ1n) is 5.35. The van der Waals surface area contributed by atoms with Crippen LogP contribution in [0.25, 0.3) is 10.6 Å². The van der Waals surface area contributed by atoms with Crippen molar-refractivity contribution in [1.82, 2.24) is 0 Å². The molecule has 0 saturated carbocycles. The molecule has 1 aromatic heterocycles. The maximum Gasteiger partial charge on any atom is 0.165 e. The average Bonchev–Trinajstić information content (AvgIpc) is 2.93. The summed E-state index contributed by atoms with van der Waals surface area (Å²) in [5.74, 6) is -0.371. The van der Waals surface area contributed by atoms with Crippen LogP contribution in [0.5, 0.6) is 5.75 Å². The number of allylic oxidation sites excluding steroid dienone is 1. The molecule has 2 nitrogen and oxygen atoms in total. The van der Waals surface area contributed by atoms with Crippen LogP contribution < -0.4 is 4.74 Å². The topological polar surface area (TPSA) is 33.0 Å². The van der Waals surface area contributed by atoms with Gasteiger partial charge in [0.1, 0.15) is 6.07 Å². The fourth-order valence-corrected chi connectivity index (χ4v) is 2.62. The molecule has 0 amide bonds. The van der Waals surface area contributed by atoms with Crippen molar-refractivity contribution in [3.8, 4) is 11.8 Å². The molecule has 2 aromatic rings. The standard InChI is InChI=1S/C14H9ClFNOS/c1-18-12-5-4-9(7-11(12)16)14(15)10(8-17)13-3-2-6-19-13/h2-7H,1H3/b14-10+. The number of methoxy groups -OCH3 is 1. The lowest BCUT2D eigenvalue weighted by molar-refractivity contribution is 0.386. The van der Waals surface area contributed by atoms with Gasteiger partial charge in [-0.1, -0.05) is 17.7 Å². The quantitative estimate of drug-likeness (QED) is 0.779. The highest BCUT2D eigenvalue weighted by atomic mass is 35.5. The molecule has 0 fully saturated rings. The first-order valence-corrected chi connectivity index (χ1v) is 6.60. The Morgan fingerprint density at radius 3 is 2.74 bits per heavy atom. The smallest absolute Gasteiger partial charge is 0.165 e. The van der Waals surface area contributed by atoms with Crippen LogP contribution in [0.3, 0.4) is 0 Å². The molecule has 96 valence electrons. The molecule has 0 unspecified atom stereocenters. The van der Waals surface area contributed by atoms with Gasteiger partial charge in [-0.05, 0) is 35.2 Å². The molecule has 0 atom stereocenters. The molecule has 0 radical (unpaired) electrons. The summed E-state index contributed by atoms with van der Waals surface area (Å²) in [5, 5.41) is 11.3. The third-order valence-corrected chi connectivity index (χ3v) is 3.80. The number of benzene rings is 1. The van der Waals surface area contributed by atoms with Gasteiger partial charge in [-0.15, -0.1) is 11.3 Å². The molecule has 0 saturated heterocycles. The number of ether oxygens (including phenoxy) is 1. The third kappa shape index (κ3) is 2.78. The zero-order chi connectivity index (χ0) is 13.8. The fraction of sp³-hybridized carbons (Fsp3) is 0.0714. The van der Waals surface area contributed by atoms with E-state index in [4.69, 9.17) is 16.3 Å². The summed E-state index contributed by atoms with van der Waals surface area (Å²) in [5.41, 5.74) is 0.783. The Bertz CT molecular complexity index is 659. The Kier molecular flexibility index (Phi) is 4.20. The van der Waals surface area contributed by atoms with Gasteiger partial charge in [-0.25, -0.2) is 4.39 Å². The van der Waals surface area contributed by atoms with Crippen molar-refractivity contribution in [3.05, 3.63) is 52.0 Å². The van der Waals surface area contributed by atoms with Crippen molar-refractivity contribution in [2.75, 3.05) is 7.11 Å². The van der Waals surface area contributed by atoms with Crippen LogP contribution in [0, 0.1) is 17.1 Å². The highest BCUT2D eigenvalue weighted by molar-refractivity contribution is 7.11. The second-order valence-corrected chi connectivity index (χ2v) is 4.95. The molecule has 0 bridgehead atoms. The lowest BCUT2D eigenvalue weighted by Gasteiger charge is -2.06. The average molecular weight is 294 g/mol. The summed E-state index contributed by atoms with van der Waals surface area (Å²) < 4.78 is 18.5. The fourth-order valence-electron chi connectivity index (χ4n) is 1.58. The van der Waals surface area contributed by atoms with Crippen LogP contribution in [0.15, 0.2) is 35.7 Å². The van der Waals surface area contributed by atoms with E-state index < -0.39 is 5.82 Å². The number of hydrogen-bond donors (Lipinski definition) is 0. The van der Waals surface area contributed by atoms with Crippen LogP contribution in [0.2, 0.25) is 0 Å². The van der Waals surface area contributed by atoms with E-state index in [9.17, 15) is 9.65 Å². The highest BCUT2D eigenvalue weighted by Gasteiger charge is 2.12. The number of thiophene rings is 1. The Labute approximate surface area is 119 Å². The highest BCUT2D eigenvalue weighted by Crippen LogP contribution is 2.33.